The predicted molar refractivity (Wildman–Crippen MR) is 91.4 cm³/mol. The molecule has 1 N–H and O–H groups in total. The fraction of sp³-hybridized carbons (Fsp3) is 0.118. The first kappa shape index (κ1) is 15.1. The molecule has 3 rings (SSSR count). The molecule has 0 saturated carbocycles. The van der Waals surface area contributed by atoms with Gasteiger partial charge >= 0.3 is 0 Å². The summed E-state index contributed by atoms with van der Waals surface area (Å²) in [4.78, 5) is 12.1. The molecule has 5 heteroatoms. The molecule has 22 heavy (non-hydrogen) atoms. The highest BCUT2D eigenvalue weighted by atomic mass is 79.9. The fourth-order valence-electron chi connectivity index (χ4n) is 2.18. The van der Waals surface area contributed by atoms with E-state index in [-0.39, 0.29) is 5.91 Å². The SMILES string of the molecule is O=C(NCCc1ccc(Cl)cc1)c1cc2ccc(Br)cc2o1. The molecule has 0 aliphatic carbocycles. The molecule has 112 valence electrons. The van der Waals surface area contributed by atoms with Crippen LogP contribution in [0.3, 0.4) is 0 Å². The molecule has 3 aromatic rings. The lowest BCUT2D eigenvalue weighted by molar-refractivity contribution is 0.0928. The molecule has 0 radical (unpaired) electrons. The Bertz CT molecular complexity index is 811. The number of hydrogen-bond donors (Lipinski definition) is 1. The number of hydrogen-bond acceptors (Lipinski definition) is 2. The first-order chi connectivity index (χ1) is 10.6. The maximum absolute atomic E-state index is 12.1. The number of furan rings is 1. The van der Waals surface area contributed by atoms with E-state index in [0.29, 0.717) is 22.9 Å². The van der Waals surface area contributed by atoms with E-state index in [9.17, 15) is 4.79 Å². The van der Waals surface area contributed by atoms with E-state index >= 15 is 0 Å². The monoisotopic (exact) mass is 377 g/mol. The molecular formula is C17H13BrClNO2. The summed E-state index contributed by atoms with van der Waals surface area (Å²) in [6.45, 7) is 0.543. The van der Waals surface area contributed by atoms with Crippen LogP contribution in [0.25, 0.3) is 11.0 Å². The van der Waals surface area contributed by atoms with Crippen molar-refractivity contribution in [3.05, 3.63) is 69.3 Å². The number of carbonyl (C=O) groups excluding carboxylic acids is 1. The standard InChI is InChI=1S/C17H13BrClNO2/c18-13-4-3-12-9-16(22-15(12)10-13)17(21)20-8-7-11-1-5-14(19)6-2-11/h1-6,9-10H,7-8H2,(H,20,21). The van der Waals surface area contributed by atoms with Crippen LogP contribution in [-0.2, 0) is 6.42 Å². The summed E-state index contributed by atoms with van der Waals surface area (Å²) in [7, 11) is 0. The lowest BCUT2D eigenvalue weighted by atomic mass is 10.1. The smallest absolute Gasteiger partial charge is 0.287 e. The Morgan fingerprint density at radius 2 is 1.91 bits per heavy atom. The Hall–Kier alpha value is -1.78. The van der Waals surface area contributed by atoms with Gasteiger partial charge < -0.3 is 9.73 Å². The van der Waals surface area contributed by atoms with Crippen molar-refractivity contribution in [2.75, 3.05) is 6.54 Å². The number of halogens is 2. The van der Waals surface area contributed by atoms with E-state index in [1.54, 1.807) is 6.07 Å². The molecule has 3 nitrogen and oxygen atoms in total. The zero-order chi connectivity index (χ0) is 15.5. The Morgan fingerprint density at radius 1 is 1.14 bits per heavy atom. The number of carbonyl (C=O) groups is 1. The summed E-state index contributed by atoms with van der Waals surface area (Å²) in [6.07, 6.45) is 0.745. The molecule has 0 aliphatic rings. The molecule has 0 aliphatic heterocycles. The molecule has 1 aromatic heterocycles. The third kappa shape index (κ3) is 3.51. The second-order valence-corrected chi connectivity index (χ2v) is 6.28. The zero-order valence-electron chi connectivity index (χ0n) is 11.6. The molecule has 0 saturated heterocycles. The lowest BCUT2D eigenvalue weighted by Gasteiger charge is -2.03. The van der Waals surface area contributed by atoms with Crippen LogP contribution in [0, 0.1) is 0 Å². The number of amides is 1. The number of benzene rings is 2. The molecule has 0 spiro atoms. The van der Waals surface area contributed by atoms with E-state index < -0.39 is 0 Å². The Labute approximate surface area is 141 Å². The van der Waals surface area contributed by atoms with Crippen molar-refractivity contribution in [1.82, 2.24) is 5.32 Å². The van der Waals surface area contributed by atoms with Crippen LogP contribution in [0.4, 0.5) is 0 Å². The quantitative estimate of drug-likeness (QED) is 0.707. The average Bonchev–Trinajstić information content (AvgIpc) is 2.92. The second-order valence-electron chi connectivity index (χ2n) is 4.93. The van der Waals surface area contributed by atoms with Gasteiger partial charge in [0.05, 0.1) is 0 Å². The van der Waals surface area contributed by atoms with Crippen LogP contribution in [0.1, 0.15) is 16.1 Å². The molecular weight excluding hydrogens is 366 g/mol. The van der Waals surface area contributed by atoms with Crippen molar-refractivity contribution in [1.29, 1.82) is 0 Å². The Kier molecular flexibility index (Phi) is 4.50. The maximum Gasteiger partial charge on any atom is 0.287 e. The van der Waals surface area contributed by atoms with Crippen molar-refractivity contribution in [2.45, 2.75) is 6.42 Å². The molecule has 0 atom stereocenters. The van der Waals surface area contributed by atoms with E-state index in [0.717, 1.165) is 21.8 Å². The molecule has 0 bridgehead atoms. The minimum absolute atomic E-state index is 0.207. The highest BCUT2D eigenvalue weighted by Gasteiger charge is 2.11. The van der Waals surface area contributed by atoms with Gasteiger partial charge in [0.2, 0.25) is 0 Å². The van der Waals surface area contributed by atoms with Gasteiger partial charge in [-0.2, -0.15) is 0 Å². The molecule has 1 heterocycles. The van der Waals surface area contributed by atoms with Crippen molar-refractivity contribution in [3.63, 3.8) is 0 Å². The Morgan fingerprint density at radius 3 is 2.68 bits per heavy atom. The van der Waals surface area contributed by atoms with Crippen molar-refractivity contribution in [3.8, 4) is 0 Å². The van der Waals surface area contributed by atoms with Crippen LogP contribution in [0.15, 0.2) is 57.4 Å². The first-order valence-electron chi connectivity index (χ1n) is 6.83. The van der Waals surface area contributed by atoms with Gasteiger partial charge in [-0.1, -0.05) is 39.7 Å². The highest BCUT2D eigenvalue weighted by Crippen LogP contribution is 2.23. The van der Waals surface area contributed by atoms with E-state index in [1.165, 1.54) is 0 Å². The fourth-order valence-corrected chi connectivity index (χ4v) is 2.64. The zero-order valence-corrected chi connectivity index (χ0v) is 13.9. The lowest BCUT2D eigenvalue weighted by Crippen LogP contribution is -2.25. The summed E-state index contributed by atoms with van der Waals surface area (Å²) in [5.74, 6) is 0.116. The molecule has 0 fully saturated rings. The largest absolute Gasteiger partial charge is 0.451 e. The van der Waals surface area contributed by atoms with Gasteiger partial charge in [-0.3, -0.25) is 4.79 Å². The van der Waals surface area contributed by atoms with Crippen LogP contribution in [0.5, 0.6) is 0 Å². The maximum atomic E-state index is 12.1. The van der Waals surface area contributed by atoms with Crippen molar-refractivity contribution < 1.29 is 9.21 Å². The summed E-state index contributed by atoms with van der Waals surface area (Å²) in [6, 6.07) is 15.0. The minimum atomic E-state index is -0.207. The predicted octanol–water partition coefficient (Wildman–Crippen LogP) is 4.82. The number of fused-ring (bicyclic) bond motifs is 1. The van der Waals surface area contributed by atoms with Gasteiger partial charge in [-0.05, 0) is 48.4 Å². The molecule has 0 unspecified atom stereocenters. The first-order valence-corrected chi connectivity index (χ1v) is 8.01. The van der Waals surface area contributed by atoms with Crippen LogP contribution in [-0.4, -0.2) is 12.5 Å². The van der Waals surface area contributed by atoms with Gasteiger partial charge in [0.1, 0.15) is 5.58 Å². The average molecular weight is 379 g/mol. The van der Waals surface area contributed by atoms with Gasteiger partial charge in [0.15, 0.2) is 5.76 Å². The highest BCUT2D eigenvalue weighted by molar-refractivity contribution is 9.10. The second kappa shape index (κ2) is 6.55. The van der Waals surface area contributed by atoms with E-state index in [1.807, 2.05) is 42.5 Å². The normalized spacial score (nSPS) is 10.8. The topological polar surface area (TPSA) is 42.2 Å². The van der Waals surface area contributed by atoms with Gasteiger partial charge in [-0.25, -0.2) is 0 Å². The summed E-state index contributed by atoms with van der Waals surface area (Å²) in [5, 5.41) is 4.48. The minimum Gasteiger partial charge on any atom is -0.451 e. The van der Waals surface area contributed by atoms with Crippen molar-refractivity contribution in [2.24, 2.45) is 0 Å². The number of rotatable bonds is 4. The summed E-state index contributed by atoms with van der Waals surface area (Å²) in [5.41, 5.74) is 1.82. The summed E-state index contributed by atoms with van der Waals surface area (Å²) >= 11 is 9.22. The molecule has 2 aromatic carbocycles. The molecule has 1 amide bonds. The number of nitrogens with one attached hydrogen (secondary N) is 1. The van der Waals surface area contributed by atoms with Crippen LogP contribution in [0.2, 0.25) is 5.02 Å². The third-order valence-corrected chi connectivity index (χ3v) is 4.06. The summed E-state index contributed by atoms with van der Waals surface area (Å²) < 4.78 is 6.49. The van der Waals surface area contributed by atoms with Crippen molar-refractivity contribution >= 4 is 44.4 Å². The third-order valence-electron chi connectivity index (χ3n) is 3.32. The van der Waals surface area contributed by atoms with E-state index in [2.05, 4.69) is 21.2 Å². The van der Waals surface area contributed by atoms with Crippen LogP contribution < -0.4 is 5.32 Å². The van der Waals surface area contributed by atoms with E-state index in [4.69, 9.17) is 16.0 Å². The van der Waals surface area contributed by atoms with Gasteiger partial charge in [0.25, 0.3) is 5.91 Å². The van der Waals surface area contributed by atoms with Crippen LogP contribution >= 0.6 is 27.5 Å². The van der Waals surface area contributed by atoms with Gasteiger partial charge in [0, 0.05) is 21.4 Å². The van der Waals surface area contributed by atoms with Gasteiger partial charge in [-0.15, -0.1) is 0 Å². The Balaban J connectivity index is 1.62.